The normalized spacial score (nSPS) is 21.6. The van der Waals surface area contributed by atoms with Gasteiger partial charge in [-0.3, -0.25) is 4.90 Å². The van der Waals surface area contributed by atoms with Crippen LogP contribution in [0.3, 0.4) is 0 Å². The molecule has 3 rings (SSSR count). The van der Waals surface area contributed by atoms with Crippen molar-refractivity contribution in [2.45, 2.75) is 45.1 Å². The number of pyridine rings is 1. The maximum Gasteiger partial charge on any atom is 0.128 e. The summed E-state index contributed by atoms with van der Waals surface area (Å²) >= 11 is 0. The van der Waals surface area contributed by atoms with E-state index in [4.69, 9.17) is 0 Å². The third-order valence-electron chi connectivity index (χ3n) is 5.60. The molecule has 24 heavy (non-hydrogen) atoms. The number of anilines is 1. The van der Waals surface area contributed by atoms with E-state index in [1.54, 1.807) is 0 Å². The van der Waals surface area contributed by atoms with Gasteiger partial charge in [0, 0.05) is 46.5 Å². The first kappa shape index (κ1) is 17.7. The molecule has 1 saturated carbocycles. The molecule has 0 bridgehead atoms. The van der Waals surface area contributed by atoms with Crippen molar-refractivity contribution in [3.8, 4) is 0 Å². The number of rotatable bonds is 5. The summed E-state index contributed by atoms with van der Waals surface area (Å²) < 4.78 is 0. The lowest BCUT2D eigenvalue weighted by Gasteiger charge is -2.29. The average Bonchev–Trinajstić information content (AvgIpc) is 2.81. The van der Waals surface area contributed by atoms with Gasteiger partial charge in [-0.1, -0.05) is 19.3 Å². The first-order chi connectivity index (χ1) is 11.7. The maximum atomic E-state index is 4.43. The fraction of sp³-hybridized carbons (Fsp3) is 0.750. The van der Waals surface area contributed by atoms with Crippen LogP contribution in [0.1, 0.15) is 44.1 Å². The van der Waals surface area contributed by atoms with Gasteiger partial charge in [-0.2, -0.15) is 0 Å². The van der Waals surface area contributed by atoms with E-state index in [2.05, 4.69) is 45.9 Å². The highest BCUT2D eigenvalue weighted by atomic mass is 15.2. The Hall–Kier alpha value is -1.13. The van der Waals surface area contributed by atoms with Crippen molar-refractivity contribution in [2.75, 3.05) is 51.7 Å². The zero-order chi connectivity index (χ0) is 16.8. The van der Waals surface area contributed by atoms with Crippen molar-refractivity contribution in [1.82, 2.24) is 14.8 Å². The SMILES string of the molecule is CN(C)c1cc(CN2CCCN(CC3CCCCC3)CC2)ccn1. The van der Waals surface area contributed by atoms with Crippen LogP contribution in [0, 0.1) is 5.92 Å². The Balaban J connectivity index is 1.49. The van der Waals surface area contributed by atoms with Gasteiger partial charge in [-0.15, -0.1) is 0 Å². The summed E-state index contributed by atoms with van der Waals surface area (Å²) in [5.41, 5.74) is 1.38. The molecule has 0 unspecified atom stereocenters. The van der Waals surface area contributed by atoms with Crippen LogP contribution in [-0.4, -0.2) is 61.6 Å². The van der Waals surface area contributed by atoms with Crippen molar-refractivity contribution in [1.29, 1.82) is 0 Å². The Bertz CT molecular complexity index is 496. The Morgan fingerprint density at radius 2 is 1.75 bits per heavy atom. The van der Waals surface area contributed by atoms with Crippen LogP contribution >= 0.6 is 0 Å². The summed E-state index contributed by atoms with van der Waals surface area (Å²) in [7, 11) is 4.11. The van der Waals surface area contributed by atoms with Crippen molar-refractivity contribution < 1.29 is 0 Å². The molecule has 2 fully saturated rings. The lowest BCUT2D eigenvalue weighted by Crippen LogP contribution is -2.34. The summed E-state index contributed by atoms with van der Waals surface area (Å²) in [6.45, 7) is 7.34. The first-order valence-corrected chi connectivity index (χ1v) is 9.77. The maximum absolute atomic E-state index is 4.43. The Morgan fingerprint density at radius 1 is 1.00 bits per heavy atom. The number of nitrogens with zero attached hydrogens (tertiary/aromatic N) is 4. The minimum absolute atomic E-state index is 0.966. The monoisotopic (exact) mass is 330 g/mol. The highest BCUT2D eigenvalue weighted by molar-refractivity contribution is 5.38. The predicted molar refractivity (Wildman–Crippen MR) is 101 cm³/mol. The van der Waals surface area contributed by atoms with E-state index in [-0.39, 0.29) is 0 Å². The lowest BCUT2D eigenvalue weighted by atomic mass is 9.89. The van der Waals surface area contributed by atoms with Gasteiger partial charge in [0.15, 0.2) is 0 Å². The third-order valence-corrected chi connectivity index (χ3v) is 5.60. The standard InChI is InChI=1S/C20H34N4/c1-22(2)20-15-19(9-10-21-20)17-24-12-6-11-23(13-14-24)16-18-7-4-3-5-8-18/h9-10,15,18H,3-8,11-14,16-17H2,1-2H3. The zero-order valence-electron chi connectivity index (χ0n) is 15.6. The molecule has 1 saturated heterocycles. The first-order valence-electron chi connectivity index (χ1n) is 9.77. The second-order valence-electron chi connectivity index (χ2n) is 7.85. The van der Waals surface area contributed by atoms with Crippen LogP contribution < -0.4 is 4.90 Å². The van der Waals surface area contributed by atoms with Gasteiger partial charge in [-0.25, -0.2) is 4.98 Å². The fourth-order valence-electron chi connectivity index (χ4n) is 4.16. The van der Waals surface area contributed by atoms with Crippen molar-refractivity contribution in [3.05, 3.63) is 23.9 Å². The second kappa shape index (κ2) is 8.82. The van der Waals surface area contributed by atoms with Crippen LogP contribution in [0.5, 0.6) is 0 Å². The van der Waals surface area contributed by atoms with E-state index in [1.807, 2.05) is 6.20 Å². The van der Waals surface area contributed by atoms with Gasteiger partial charge in [0.05, 0.1) is 0 Å². The van der Waals surface area contributed by atoms with Crippen molar-refractivity contribution >= 4 is 5.82 Å². The predicted octanol–water partition coefficient (Wildman–Crippen LogP) is 3.24. The quantitative estimate of drug-likeness (QED) is 0.826. The molecule has 2 heterocycles. The Morgan fingerprint density at radius 3 is 2.54 bits per heavy atom. The Kier molecular flexibility index (Phi) is 6.50. The smallest absolute Gasteiger partial charge is 0.128 e. The molecule has 1 aliphatic carbocycles. The van der Waals surface area contributed by atoms with Gasteiger partial charge in [-0.05, 0) is 56.0 Å². The van der Waals surface area contributed by atoms with E-state index in [0.29, 0.717) is 0 Å². The number of aromatic nitrogens is 1. The second-order valence-corrected chi connectivity index (χ2v) is 7.85. The van der Waals surface area contributed by atoms with Gasteiger partial charge in [0.1, 0.15) is 5.82 Å². The molecule has 2 aliphatic rings. The molecule has 0 radical (unpaired) electrons. The molecule has 4 nitrogen and oxygen atoms in total. The molecule has 0 spiro atoms. The van der Waals surface area contributed by atoms with Crippen LogP contribution in [0.2, 0.25) is 0 Å². The highest BCUT2D eigenvalue weighted by Crippen LogP contribution is 2.25. The molecule has 1 aliphatic heterocycles. The molecule has 4 heteroatoms. The van der Waals surface area contributed by atoms with Crippen LogP contribution in [0.15, 0.2) is 18.3 Å². The van der Waals surface area contributed by atoms with Crippen molar-refractivity contribution in [2.24, 2.45) is 5.92 Å². The van der Waals surface area contributed by atoms with E-state index < -0.39 is 0 Å². The van der Waals surface area contributed by atoms with E-state index in [9.17, 15) is 0 Å². The number of hydrogen-bond acceptors (Lipinski definition) is 4. The molecule has 0 N–H and O–H groups in total. The van der Waals surface area contributed by atoms with Crippen LogP contribution in [0.4, 0.5) is 5.82 Å². The zero-order valence-corrected chi connectivity index (χ0v) is 15.6. The fourth-order valence-corrected chi connectivity index (χ4v) is 4.16. The molecule has 134 valence electrons. The van der Waals surface area contributed by atoms with Crippen molar-refractivity contribution in [3.63, 3.8) is 0 Å². The van der Waals surface area contributed by atoms with E-state index in [1.165, 1.54) is 76.8 Å². The molecular weight excluding hydrogens is 296 g/mol. The molecule has 0 amide bonds. The summed E-state index contributed by atoms with van der Waals surface area (Å²) in [4.78, 5) is 11.9. The molecule has 0 atom stereocenters. The van der Waals surface area contributed by atoms with E-state index in [0.717, 1.165) is 18.3 Å². The summed E-state index contributed by atoms with van der Waals surface area (Å²) in [5.74, 6) is 2.02. The number of hydrogen-bond donors (Lipinski definition) is 0. The minimum atomic E-state index is 0.966. The lowest BCUT2D eigenvalue weighted by molar-refractivity contribution is 0.200. The highest BCUT2D eigenvalue weighted by Gasteiger charge is 2.20. The van der Waals surface area contributed by atoms with Gasteiger partial charge < -0.3 is 9.80 Å². The molecule has 1 aromatic rings. The molecule has 0 aromatic carbocycles. The Labute approximate surface area is 147 Å². The van der Waals surface area contributed by atoms with Crippen LogP contribution in [-0.2, 0) is 6.54 Å². The average molecular weight is 331 g/mol. The molecular formula is C20H34N4. The van der Waals surface area contributed by atoms with Gasteiger partial charge >= 0.3 is 0 Å². The van der Waals surface area contributed by atoms with Crippen LogP contribution in [0.25, 0.3) is 0 Å². The van der Waals surface area contributed by atoms with Gasteiger partial charge in [0.2, 0.25) is 0 Å². The summed E-state index contributed by atoms with van der Waals surface area (Å²) in [6, 6.07) is 4.39. The largest absolute Gasteiger partial charge is 0.363 e. The van der Waals surface area contributed by atoms with E-state index >= 15 is 0 Å². The summed E-state index contributed by atoms with van der Waals surface area (Å²) in [6.07, 6.45) is 10.6. The molecule has 1 aromatic heterocycles. The topological polar surface area (TPSA) is 22.6 Å². The third kappa shape index (κ3) is 5.18. The summed E-state index contributed by atoms with van der Waals surface area (Å²) in [5, 5.41) is 0. The minimum Gasteiger partial charge on any atom is -0.363 e. The van der Waals surface area contributed by atoms with Gasteiger partial charge in [0.25, 0.3) is 0 Å².